The molecule has 2 amide bonds. The fraction of sp³-hybridized carbons (Fsp3) is 0.300. The SMILES string of the molecule is Cc1ccc(C(=O)NNC(=O)COc2cc(C(C)C)ccc2C)cc1. The lowest BCUT2D eigenvalue weighted by molar-refractivity contribution is -0.123. The van der Waals surface area contributed by atoms with Crippen LogP contribution in [0.3, 0.4) is 0 Å². The number of benzene rings is 2. The molecule has 2 aromatic rings. The minimum Gasteiger partial charge on any atom is -0.483 e. The predicted octanol–water partition coefficient (Wildman–Crippen LogP) is 3.27. The van der Waals surface area contributed by atoms with Gasteiger partial charge in [0.2, 0.25) is 0 Å². The maximum absolute atomic E-state index is 11.9. The molecule has 5 heteroatoms. The Hall–Kier alpha value is -2.82. The Kier molecular flexibility index (Phi) is 6.17. The number of carbonyl (C=O) groups is 2. The van der Waals surface area contributed by atoms with E-state index in [9.17, 15) is 9.59 Å². The number of hydrazine groups is 1. The van der Waals surface area contributed by atoms with Crippen molar-refractivity contribution in [2.75, 3.05) is 6.61 Å². The summed E-state index contributed by atoms with van der Waals surface area (Å²) in [5.74, 6) is 0.262. The van der Waals surface area contributed by atoms with E-state index in [-0.39, 0.29) is 12.5 Å². The van der Waals surface area contributed by atoms with Gasteiger partial charge in [-0.25, -0.2) is 0 Å². The molecule has 0 aliphatic heterocycles. The van der Waals surface area contributed by atoms with Crippen molar-refractivity contribution in [1.82, 2.24) is 10.9 Å². The van der Waals surface area contributed by atoms with Crippen molar-refractivity contribution in [3.63, 3.8) is 0 Å². The Balaban J connectivity index is 1.85. The summed E-state index contributed by atoms with van der Waals surface area (Å²) in [5, 5.41) is 0. The third kappa shape index (κ3) is 5.35. The minimum absolute atomic E-state index is 0.170. The molecule has 2 N–H and O–H groups in total. The van der Waals surface area contributed by atoms with Crippen LogP contribution in [-0.4, -0.2) is 18.4 Å². The predicted molar refractivity (Wildman–Crippen MR) is 97.6 cm³/mol. The van der Waals surface area contributed by atoms with Crippen LogP contribution in [0.15, 0.2) is 42.5 Å². The number of hydrogen-bond acceptors (Lipinski definition) is 3. The molecular weight excluding hydrogens is 316 g/mol. The van der Waals surface area contributed by atoms with Crippen molar-refractivity contribution in [2.24, 2.45) is 0 Å². The average molecular weight is 340 g/mol. The Morgan fingerprint density at radius 2 is 1.68 bits per heavy atom. The van der Waals surface area contributed by atoms with Gasteiger partial charge in [0.1, 0.15) is 5.75 Å². The molecule has 2 rings (SSSR count). The smallest absolute Gasteiger partial charge is 0.276 e. The summed E-state index contributed by atoms with van der Waals surface area (Å²) in [6.07, 6.45) is 0. The van der Waals surface area contributed by atoms with Gasteiger partial charge in [0, 0.05) is 5.56 Å². The number of ether oxygens (including phenoxy) is 1. The lowest BCUT2D eigenvalue weighted by Gasteiger charge is -2.13. The van der Waals surface area contributed by atoms with Crippen LogP contribution in [0.25, 0.3) is 0 Å². The van der Waals surface area contributed by atoms with E-state index >= 15 is 0 Å². The van der Waals surface area contributed by atoms with Gasteiger partial charge in [-0.15, -0.1) is 0 Å². The first kappa shape index (κ1) is 18.5. The summed E-state index contributed by atoms with van der Waals surface area (Å²) in [6, 6.07) is 13.0. The van der Waals surface area contributed by atoms with Crippen LogP contribution in [0.2, 0.25) is 0 Å². The third-order valence-electron chi connectivity index (χ3n) is 3.87. The lowest BCUT2D eigenvalue weighted by atomic mass is 10.0. The maximum atomic E-state index is 11.9. The van der Waals surface area contributed by atoms with Gasteiger partial charge in [0.15, 0.2) is 6.61 Å². The molecule has 0 aliphatic rings. The second-order valence-electron chi connectivity index (χ2n) is 6.34. The Labute approximate surface area is 148 Å². The normalized spacial score (nSPS) is 10.4. The quantitative estimate of drug-likeness (QED) is 0.821. The molecule has 0 saturated carbocycles. The van der Waals surface area contributed by atoms with Gasteiger partial charge in [-0.2, -0.15) is 0 Å². The Bertz CT molecular complexity index is 752. The van der Waals surface area contributed by atoms with E-state index in [1.807, 2.05) is 38.1 Å². The van der Waals surface area contributed by atoms with E-state index in [1.54, 1.807) is 12.1 Å². The van der Waals surface area contributed by atoms with Crippen molar-refractivity contribution >= 4 is 11.8 Å². The summed E-state index contributed by atoms with van der Waals surface area (Å²) >= 11 is 0. The molecule has 0 fully saturated rings. The standard InChI is InChI=1S/C20H24N2O3/c1-13(2)17-10-7-15(4)18(11-17)25-12-19(23)21-22-20(24)16-8-5-14(3)6-9-16/h5-11,13H,12H2,1-4H3,(H,21,23)(H,22,24). The number of rotatable bonds is 5. The number of aryl methyl sites for hydroxylation is 2. The van der Waals surface area contributed by atoms with Crippen LogP contribution in [0.4, 0.5) is 0 Å². The summed E-state index contributed by atoms with van der Waals surface area (Å²) < 4.78 is 5.58. The van der Waals surface area contributed by atoms with Crippen LogP contribution in [0.5, 0.6) is 5.75 Å². The highest BCUT2D eigenvalue weighted by Crippen LogP contribution is 2.24. The molecule has 5 nitrogen and oxygen atoms in total. The Morgan fingerprint density at radius 3 is 2.32 bits per heavy atom. The first-order chi connectivity index (χ1) is 11.9. The molecule has 25 heavy (non-hydrogen) atoms. The third-order valence-corrected chi connectivity index (χ3v) is 3.87. The number of amides is 2. The van der Waals surface area contributed by atoms with Crippen LogP contribution < -0.4 is 15.6 Å². The van der Waals surface area contributed by atoms with Crippen molar-refractivity contribution < 1.29 is 14.3 Å². The first-order valence-electron chi connectivity index (χ1n) is 8.26. The van der Waals surface area contributed by atoms with Crippen LogP contribution in [0.1, 0.15) is 46.8 Å². The van der Waals surface area contributed by atoms with Crippen LogP contribution in [-0.2, 0) is 4.79 Å². The van der Waals surface area contributed by atoms with Crippen LogP contribution >= 0.6 is 0 Å². The molecule has 2 aromatic carbocycles. The summed E-state index contributed by atoms with van der Waals surface area (Å²) in [5.41, 5.74) is 8.39. The summed E-state index contributed by atoms with van der Waals surface area (Å²) in [7, 11) is 0. The fourth-order valence-corrected chi connectivity index (χ4v) is 2.21. The van der Waals surface area contributed by atoms with Gasteiger partial charge in [0.05, 0.1) is 0 Å². The van der Waals surface area contributed by atoms with Crippen molar-refractivity contribution in [1.29, 1.82) is 0 Å². The number of nitrogens with one attached hydrogen (secondary N) is 2. The first-order valence-corrected chi connectivity index (χ1v) is 8.26. The largest absolute Gasteiger partial charge is 0.483 e. The van der Waals surface area contributed by atoms with E-state index in [2.05, 4.69) is 30.8 Å². The van der Waals surface area contributed by atoms with E-state index in [0.717, 1.165) is 16.7 Å². The van der Waals surface area contributed by atoms with Gasteiger partial charge >= 0.3 is 0 Å². The number of hydrogen-bond donors (Lipinski definition) is 2. The average Bonchev–Trinajstić information content (AvgIpc) is 2.59. The van der Waals surface area contributed by atoms with Crippen molar-refractivity contribution in [3.8, 4) is 5.75 Å². The molecule has 0 heterocycles. The van der Waals surface area contributed by atoms with Gasteiger partial charge in [-0.05, 0) is 49.1 Å². The van der Waals surface area contributed by atoms with E-state index in [4.69, 9.17) is 4.74 Å². The highest BCUT2D eigenvalue weighted by atomic mass is 16.5. The monoisotopic (exact) mass is 340 g/mol. The highest BCUT2D eigenvalue weighted by molar-refractivity contribution is 5.95. The zero-order valence-corrected chi connectivity index (χ0v) is 15.1. The van der Waals surface area contributed by atoms with Gasteiger partial charge in [-0.3, -0.25) is 20.4 Å². The van der Waals surface area contributed by atoms with Crippen LogP contribution in [0, 0.1) is 13.8 Å². The molecule has 0 aromatic heterocycles. The fourth-order valence-electron chi connectivity index (χ4n) is 2.21. The maximum Gasteiger partial charge on any atom is 0.276 e. The summed E-state index contributed by atoms with van der Waals surface area (Å²) in [4.78, 5) is 23.8. The Morgan fingerprint density at radius 1 is 1.00 bits per heavy atom. The van der Waals surface area contributed by atoms with Crippen molar-refractivity contribution in [3.05, 3.63) is 64.7 Å². The molecule has 0 spiro atoms. The second-order valence-corrected chi connectivity index (χ2v) is 6.34. The minimum atomic E-state index is -0.421. The van der Waals surface area contributed by atoms with Gasteiger partial charge < -0.3 is 4.74 Å². The summed E-state index contributed by atoms with van der Waals surface area (Å²) in [6.45, 7) is 7.90. The van der Waals surface area contributed by atoms with Crippen molar-refractivity contribution in [2.45, 2.75) is 33.6 Å². The van der Waals surface area contributed by atoms with E-state index < -0.39 is 5.91 Å². The van der Waals surface area contributed by atoms with E-state index in [0.29, 0.717) is 17.2 Å². The molecule has 0 saturated heterocycles. The lowest BCUT2D eigenvalue weighted by Crippen LogP contribution is -2.43. The number of carbonyl (C=O) groups excluding carboxylic acids is 2. The molecule has 132 valence electrons. The molecule has 0 radical (unpaired) electrons. The molecule has 0 atom stereocenters. The van der Waals surface area contributed by atoms with E-state index in [1.165, 1.54) is 0 Å². The molecule has 0 unspecified atom stereocenters. The second kappa shape index (κ2) is 8.33. The van der Waals surface area contributed by atoms with Gasteiger partial charge in [0.25, 0.3) is 11.8 Å². The molecule has 0 bridgehead atoms. The molecular formula is C20H24N2O3. The zero-order valence-electron chi connectivity index (χ0n) is 15.1. The molecule has 0 aliphatic carbocycles. The van der Waals surface area contributed by atoms with Gasteiger partial charge in [-0.1, -0.05) is 43.7 Å². The highest BCUT2D eigenvalue weighted by Gasteiger charge is 2.09. The topological polar surface area (TPSA) is 67.4 Å². The zero-order chi connectivity index (χ0) is 18.4.